The number of sulfonamides is 1. The number of carbonyl (C=O) groups is 1. The number of thioether (sulfide) groups is 1. The highest BCUT2D eigenvalue weighted by atomic mass is 32.2. The molecule has 30 heavy (non-hydrogen) atoms. The number of piperazine rings is 1. The number of hydrogen-bond donors (Lipinski definition) is 1. The lowest BCUT2D eigenvalue weighted by molar-refractivity contribution is -0.129. The predicted molar refractivity (Wildman–Crippen MR) is 114 cm³/mol. The molecule has 0 atom stereocenters. The number of benzene rings is 2. The second-order valence-corrected chi connectivity index (χ2v) is 9.86. The zero-order valence-corrected chi connectivity index (χ0v) is 17.8. The summed E-state index contributed by atoms with van der Waals surface area (Å²) in [5.41, 5.74) is 1.87. The van der Waals surface area contributed by atoms with Gasteiger partial charge in [0.2, 0.25) is 15.9 Å². The normalized spacial score (nSPS) is 15.6. The molecule has 4 rings (SSSR count). The summed E-state index contributed by atoms with van der Waals surface area (Å²) in [5.74, 6) is 1.23. The summed E-state index contributed by atoms with van der Waals surface area (Å²) in [6.45, 7) is 1.12. The van der Waals surface area contributed by atoms with Crippen LogP contribution in [0.25, 0.3) is 11.0 Å². The molecule has 0 radical (unpaired) electrons. The lowest BCUT2D eigenvalue weighted by Crippen LogP contribution is -2.50. The minimum Gasteiger partial charge on any atom is -0.341 e. The van der Waals surface area contributed by atoms with Gasteiger partial charge >= 0.3 is 0 Å². The number of H-pyrrole nitrogens is 1. The lowest BCUT2D eigenvalue weighted by Gasteiger charge is -2.34. The number of rotatable bonds is 6. The first kappa shape index (κ1) is 20.8. The number of imidazole rings is 1. The van der Waals surface area contributed by atoms with Crippen LogP contribution in [-0.2, 0) is 20.6 Å². The highest BCUT2D eigenvalue weighted by molar-refractivity contribution is 7.99. The molecule has 1 saturated heterocycles. The summed E-state index contributed by atoms with van der Waals surface area (Å²) in [5, 5.41) is 0. The number of nitrogens with zero attached hydrogens (tertiary/aromatic N) is 3. The van der Waals surface area contributed by atoms with Gasteiger partial charge in [-0.2, -0.15) is 4.31 Å². The second kappa shape index (κ2) is 8.75. The van der Waals surface area contributed by atoms with E-state index in [-0.39, 0.29) is 23.9 Å². The minimum atomic E-state index is -3.68. The van der Waals surface area contributed by atoms with Gasteiger partial charge in [0, 0.05) is 26.2 Å². The molecular weight excluding hydrogens is 427 g/mol. The summed E-state index contributed by atoms with van der Waals surface area (Å²) in [6.07, 6.45) is 0. The van der Waals surface area contributed by atoms with E-state index in [1.165, 1.54) is 28.2 Å². The van der Waals surface area contributed by atoms with Crippen LogP contribution in [0.15, 0.2) is 53.4 Å². The van der Waals surface area contributed by atoms with Gasteiger partial charge in [-0.05, 0) is 36.4 Å². The summed E-state index contributed by atoms with van der Waals surface area (Å²) in [7, 11) is -3.68. The Morgan fingerprint density at radius 2 is 1.77 bits per heavy atom. The van der Waals surface area contributed by atoms with Crippen LogP contribution < -0.4 is 0 Å². The van der Waals surface area contributed by atoms with E-state index in [2.05, 4.69) is 9.97 Å². The van der Waals surface area contributed by atoms with Gasteiger partial charge in [0.1, 0.15) is 11.6 Å². The Hall–Kier alpha value is -2.43. The largest absolute Gasteiger partial charge is 0.341 e. The van der Waals surface area contributed by atoms with Crippen LogP contribution in [0.1, 0.15) is 5.82 Å². The fourth-order valence-electron chi connectivity index (χ4n) is 3.33. The molecule has 0 spiro atoms. The highest BCUT2D eigenvalue weighted by Gasteiger charge is 2.30. The van der Waals surface area contributed by atoms with E-state index in [0.29, 0.717) is 24.6 Å². The van der Waals surface area contributed by atoms with Crippen molar-refractivity contribution in [3.8, 4) is 0 Å². The smallest absolute Gasteiger partial charge is 0.243 e. The molecular formula is C20H21FN4O3S2. The summed E-state index contributed by atoms with van der Waals surface area (Å²) < 4.78 is 39.7. The average molecular weight is 449 g/mol. The maximum absolute atomic E-state index is 13.1. The van der Waals surface area contributed by atoms with E-state index in [1.807, 2.05) is 24.3 Å². The topological polar surface area (TPSA) is 86.4 Å². The van der Waals surface area contributed by atoms with Crippen molar-refractivity contribution in [2.75, 3.05) is 31.9 Å². The molecule has 0 saturated carbocycles. The molecule has 0 aliphatic carbocycles. The Morgan fingerprint density at radius 1 is 1.07 bits per heavy atom. The zero-order valence-electron chi connectivity index (χ0n) is 16.1. The van der Waals surface area contributed by atoms with Crippen molar-refractivity contribution >= 4 is 38.7 Å². The third kappa shape index (κ3) is 4.50. The van der Waals surface area contributed by atoms with Crippen molar-refractivity contribution in [1.82, 2.24) is 19.2 Å². The Labute approximate surface area is 178 Å². The molecule has 2 heterocycles. The number of halogens is 1. The lowest BCUT2D eigenvalue weighted by atomic mass is 10.3. The monoisotopic (exact) mass is 448 g/mol. The van der Waals surface area contributed by atoms with Crippen LogP contribution in [0.4, 0.5) is 4.39 Å². The Balaban J connectivity index is 1.27. The highest BCUT2D eigenvalue weighted by Crippen LogP contribution is 2.19. The van der Waals surface area contributed by atoms with Crippen LogP contribution >= 0.6 is 11.8 Å². The van der Waals surface area contributed by atoms with Gasteiger partial charge in [-0.1, -0.05) is 12.1 Å². The fraction of sp³-hybridized carbons (Fsp3) is 0.300. The van der Waals surface area contributed by atoms with E-state index in [1.54, 1.807) is 4.90 Å². The first-order valence-corrected chi connectivity index (χ1v) is 12.1. The van der Waals surface area contributed by atoms with E-state index >= 15 is 0 Å². The van der Waals surface area contributed by atoms with E-state index < -0.39 is 15.8 Å². The van der Waals surface area contributed by atoms with E-state index in [0.717, 1.165) is 29.0 Å². The van der Waals surface area contributed by atoms with Crippen molar-refractivity contribution < 1.29 is 17.6 Å². The number of nitrogens with one attached hydrogen (secondary N) is 1. The van der Waals surface area contributed by atoms with Crippen LogP contribution in [0, 0.1) is 5.82 Å². The number of hydrogen-bond acceptors (Lipinski definition) is 5. The van der Waals surface area contributed by atoms with Gasteiger partial charge in [0.15, 0.2) is 0 Å². The molecule has 158 valence electrons. The maximum atomic E-state index is 13.1. The van der Waals surface area contributed by atoms with Crippen LogP contribution in [0.2, 0.25) is 0 Å². The van der Waals surface area contributed by atoms with E-state index in [4.69, 9.17) is 0 Å². The summed E-state index contributed by atoms with van der Waals surface area (Å²) in [4.78, 5) is 22.0. The van der Waals surface area contributed by atoms with Gasteiger partial charge < -0.3 is 9.88 Å². The number of carbonyl (C=O) groups excluding carboxylic acids is 1. The third-order valence-corrected chi connectivity index (χ3v) is 7.79. The predicted octanol–water partition coefficient (Wildman–Crippen LogP) is 2.47. The average Bonchev–Trinajstić information content (AvgIpc) is 3.17. The molecule has 1 aliphatic rings. The maximum Gasteiger partial charge on any atom is 0.243 e. The molecule has 1 N–H and O–H groups in total. The number of para-hydroxylation sites is 2. The van der Waals surface area contributed by atoms with Crippen molar-refractivity contribution in [3.05, 3.63) is 60.2 Å². The standard InChI is InChI=1S/C20H21FN4O3S2/c21-15-5-7-16(8-6-15)30(27,28)25-11-9-24(10-12-25)20(26)14-29-13-19-22-17-3-1-2-4-18(17)23-19/h1-8H,9-14H2,(H,22,23). The molecule has 0 unspecified atom stereocenters. The molecule has 0 bridgehead atoms. The van der Waals surface area contributed by atoms with Gasteiger partial charge in [0.05, 0.1) is 27.4 Å². The zero-order chi connectivity index (χ0) is 21.1. The number of aromatic amines is 1. The van der Waals surface area contributed by atoms with Crippen molar-refractivity contribution in [2.45, 2.75) is 10.6 Å². The molecule has 1 fully saturated rings. The van der Waals surface area contributed by atoms with Gasteiger partial charge in [-0.15, -0.1) is 11.8 Å². The molecule has 3 aromatic rings. The van der Waals surface area contributed by atoms with Crippen LogP contribution in [-0.4, -0.2) is 65.4 Å². The summed E-state index contributed by atoms with van der Waals surface area (Å²) in [6, 6.07) is 12.5. The molecule has 1 aliphatic heterocycles. The van der Waals surface area contributed by atoms with Gasteiger partial charge in [-0.3, -0.25) is 4.79 Å². The summed E-state index contributed by atoms with van der Waals surface area (Å²) >= 11 is 1.48. The first-order valence-electron chi connectivity index (χ1n) is 9.48. The Morgan fingerprint density at radius 3 is 2.47 bits per heavy atom. The molecule has 1 amide bonds. The van der Waals surface area contributed by atoms with Gasteiger partial charge in [-0.25, -0.2) is 17.8 Å². The molecule has 10 heteroatoms. The Bertz CT molecular complexity index is 1110. The fourth-order valence-corrected chi connectivity index (χ4v) is 5.55. The number of aromatic nitrogens is 2. The quantitative estimate of drug-likeness (QED) is 0.626. The third-order valence-electron chi connectivity index (χ3n) is 4.95. The number of fused-ring (bicyclic) bond motifs is 1. The Kier molecular flexibility index (Phi) is 6.07. The van der Waals surface area contributed by atoms with Crippen molar-refractivity contribution in [3.63, 3.8) is 0 Å². The van der Waals surface area contributed by atoms with Crippen LogP contribution in [0.5, 0.6) is 0 Å². The van der Waals surface area contributed by atoms with Crippen molar-refractivity contribution in [2.24, 2.45) is 0 Å². The first-order chi connectivity index (χ1) is 14.4. The molecule has 7 nitrogen and oxygen atoms in total. The minimum absolute atomic E-state index is 0.0186. The second-order valence-electron chi connectivity index (χ2n) is 6.93. The molecule has 2 aromatic carbocycles. The number of amides is 1. The van der Waals surface area contributed by atoms with Gasteiger partial charge in [0.25, 0.3) is 0 Å². The SMILES string of the molecule is O=C(CSCc1nc2ccccc2[nH]1)N1CCN(S(=O)(=O)c2ccc(F)cc2)CC1. The van der Waals surface area contributed by atoms with Crippen LogP contribution in [0.3, 0.4) is 0 Å². The van der Waals surface area contributed by atoms with E-state index in [9.17, 15) is 17.6 Å². The molecule has 1 aromatic heterocycles. The van der Waals surface area contributed by atoms with Crippen molar-refractivity contribution in [1.29, 1.82) is 0 Å².